The van der Waals surface area contributed by atoms with E-state index in [0.717, 1.165) is 13.3 Å². The molecule has 0 aromatic carbocycles. The van der Waals surface area contributed by atoms with Gasteiger partial charge in [-0.1, -0.05) is 0 Å². The minimum absolute atomic E-state index is 0.00463. The minimum Gasteiger partial charge on any atom is -0.366 e. The Balaban J connectivity index is 2.98. The quantitative estimate of drug-likeness (QED) is 0.716. The summed E-state index contributed by atoms with van der Waals surface area (Å²) in [7, 11) is 2.51. The number of halogens is 3. The summed E-state index contributed by atoms with van der Waals surface area (Å²) in [6, 6.07) is 0. The molecule has 0 saturated heterocycles. The first-order valence-corrected chi connectivity index (χ1v) is 3.52. The summed E-state index contributed by atoms with van der Waals surface area (Å²) in [5, 5.41) is 0. The van der Waals surface area contributed by atoms with Gasteiger partial charge in [0.1, 0.15) is 0 Å². The molecule has 1 unspecified atom stereocenters. The lowest BCUT2D eigenvalue weighted by molar-refractivity contribution is -0.217. The van der Waals surface area contributed by atoms with Gasteiger partial charge in [-0.2, -0.15) is 13.2 Å². The molecule has 0 radical (unpaired) electrons. The first-order chi connectivity index (χ1) is 5.96. The van der Waals surface area contributed by atoms with Gasteiger partial charge in [-0.05, 0) is 0 Å². The molecule has 0 bridgehead atoms. The van der Waals surface area contributed by atoms with Crippen LogP contribution in [0.15, 0.2) is 12.5 Å². The van der Waals surface area contributed by atoms with Gasteiger partial charge in [0.2, 0.25) is 0 Å². The van der Waals surface area contributed by atoms with Crippen molar-refractivity contribution in [1.29, 1.82) is 0 Å². The van der Waals surface area contributed by atoms with Gasteiger partial charge >= 0.3 is 6.18 Å². The molecule has 0 fully saturated rings. The molecule has 0 spiro atoms. The molecule has 0 aliphatic carbocycles. The number of aryl methyl sites for hydroxylation is 1. The Bertz CT molecular complexity index is 282. The molecule has 1 atom stereocenters. The zero-order valence-corrected chi connectivity index (χ0v) is 7.17. The fourth-order valence-corrected chi connectivity index (χ4v) is 1.04. The highest BCUT2D eigenvalue weighted by molar-refractivity contribution is 5.04. The molecular formula is C7H9F3N2O. The van der Waals surface area contributed by atoms with Crippen LogP contribution in [0.25, 0.3) is 0 Å². The van der Waals surface area contributed by atoms with Gasteiger partial charge in [-0.15, -0.1) is 0 Å². The molecule has 1 heterocycles. The number of aromatic nitrogens is 2. The molecule has 0 saturated carbocycles. The Hall–Kier alpha value is -1.04. The van der Waals surface area contributed by atoms with Gasteiger partial charge in [-0.25, -0.2) is 4.98 Å². The smallest absolute Gasteiger partial charge is 0.366 e. The number of imidazole rings is 1. The van der Waals surface area contributed by atoms with Gasteiger partial charge in [0.25, 0.3) is 0 Å². The van der Waals surface area contributed by atoms with E-state index in [2.05, 4.69) is 9.72 Å². The SMILES string of the molecule is COC(c1cncn1C)C(F)(F)F. The molecule has 0 aliphatic rings. The largest absolute Gasteiger partial charge is 0.420 e. The van der Waals surface area contributed by atoms with Crippen LogP contribution in [0.4, 0.5) is 13.2 Å². The van der Waals surface area contributed by atoms with Crippen molar-refractivity contribution in [3.63, 3.8) is 0 Å². The van der Waals surface area contributed by atoms with Crippen LogP contribution < -0.4 is 0 Å². The molecule has 1 aromatic heterocycles. The van der Waals surface area contributed by atoms with Crippen LogP contribution in [0, 0.1) is 0 Å². The molecule has 6 heteroatoms. The number of ether oxygens (including phenoxy) is 1. The topological polar surface area (TPSA) is 27.1 Å². The second-order valence-electron chi connectivity index (χ2n) is 2.59. The van der Waals surface area contributed by atoms with Crippen LogP contribution in [0.5, 0.6) is 0 Å². The zero-order chi connectivity index (χ0) is 10.1. The van der Waals surface area contributed by atoms with Crippen LogP contribution in [0.1, 0.15) is 11.8 Å². The van der Waals surface area contributed by atoms with Crippen LogP contribution in [-0.4, -0.2) is 22.8 Å². The van der Waals surface area contributed by atoms with Crippen molar-refractivity contribution in [1.82, 2.24) is 9.55 Å². The van der Waals surface area contributed by atoms with Crippen molar-refractivity contribution in [3.05, 3.63) is 18.2 Å². The van der Waals surface area contributed by atoms with Crippen LogP contribution in [0.2, 0.25) is 0 Å². The van der Waals surface area contributed by atoms with E-state index in [-0.39, 0.29) is 5.69 Å². The van der Waals surface area contributed by atoms with Crippen LogP contribution >= 0.6 is 0 Å². The van der Waals surface area contributed by atoms with E-state index in [1.165, 1.54) is 17.9 Å². The predicted molar refractivity (Wildman–Crippen MR) is 39.0 cm³/mol. The van der Waals surface area contributed by atoms with Crippen molar-refractivity contribution in [2.75, 3.05) is 7.11 Å². The van der Waals surface area contributed by atoms with Crippen molar-refractivity contribution in [2.24, 2.45) is 7.05 Å². The summed E-state index contributed by atoms with van der Waals surface area (Å²) >= 11 is 0. The first kappa shape index (κ1) is 10.0. The van der Waals surface area contributed by atoms with Gasteiger partial charge in [0.05, 0.1) is 18.2 Å². The average molecular weight is 194 g/mol. The predicted octanol–water partition coefficient (Wildman–Crippen LogP) is 1.67. The standard InChI is InChI=1S/C7H9F3N2O/c1-12-4-11-3-5(12)6(13-2)7(8,9)10/h3-4,6H,1-2H3. The number of hydrogen-bond acceptors (Lipinski definition) is 2. The normalized spacial score (nSPS) is 14.5. The lowest BCUT2D eigenvalue weighted by Gasteiger charge is -2.18. The summed E-state index contributed by atoms with van der Waals surface area (Å²) in [6.45, 7) is 0. The van der Waals surface area contributed by atoms with Crippen molar-refractivity contribution < 1.29 is 17.9 Å². The lowest BCUT2D eigenvalue weighted by Crippen LogP contribution is -2.24. The molecule has 1 aromatic rings. The number of rotatable bonds is 2. The van der Waals surface area contributed by atoms with Crippen LogP contribution in [-0.2, 0) is 11.8 Å². The fourth-order valence-electron chi connectivity index (χ4n) is 1.04. The van der Waals surface area contributed by atoms with Gasteiger partial charge < -0.3 is 9.30 Å². The van der Waals surface area contributed by atoms with Gasteiger partial charge in [-0.3, -0.25) is 0 Å². The van der Waals surface area contributed by atoms with E-state index in [0.29, 0.717) is 0 Å². The molecule has 0 N–H and O–H groups in total. The third-order valence-electron chi connectivity index (χ3n) is 1.66. The van der Waals surface area contributed by atoms with Gasteiger partial charge in [0, 0.05) is 14.2 Å². The summed E-state index contributed by atoms with van der Waals surface area (Å²) in [6.07, 6.45) is -3.86. The van der Waals surface area contributed by atoms with E-state index >= 15 is 0 Å². The third-order valence-corrected chi connectivity index (χ3v) is 1.66. The fraction of sp³-hybridized carbons (Fsp3) is 0.571. The Morgan fingerprint density at radius 2 is 2.15 bits per heavy atom. The second-order valence-corrected chi connectivity index (χ2v) is 2.59. The lowest BCUT2D eigenvalue weighted by atomic mass is 10.2. The number of hydrogen-bond donors (Lipinski definition) is 0. The maximum atomic E-state index is 12.3. The Kier molecular flexibility index (Phi) is 2.60. The highest BCUT2D eigenvalue weighted by atomic mass is 19.4. The number of methoxy groups -OCH3 is 1. The molecular weight excluding hydrogens is 185 g/mol. The van der Waals surface area contributed by atoms with Crippen LogP contribution in [0.3, 0.4) is 0 Å². The summed E-state index contributed by atoms with van der Waals surface area (Å²) in [5.74, 6) is 0. The maximum Gasteiger partial charge on any atom is 0.420 e. The number of alkyl halides is 3. The summed E-state index contributed by atoms with van der Waals surface area (Å²) in [5.41, 5.74) is -0.00463. The highest BCUT2D eigenvalue weighted by Crippen LogP contribution is 2.34. The highest BCUT2D eigenvalue weighted by Gasteiger charge is 2.42. The zero-order valence-electron chi connectivity index (χ0n) is 7.17. The Morgan fingerprint density at radius 3 is 2.46 bits per heavy atom. The summed E-state index contributed by atoms with van der Waals surface area (Å²) < 4.78 is 42.5. The monoisotopic (exact) mass is 194 g/mol. The first-order valence-electron chi connectivity index (χ1n) is 3.52. The number of nitrogens with zero attached hydrogens (tertiary/aromatic N) is 2. The van der Waals surface area contributed by atoms with Crippen molar-refractivity contribution in [3.8, 4) is 0 Å². The molecule has 3 nitrogen and oxygen atoms in total. The third kappa shape index (κ3) is 2.00. The average Bonchev–Trinajstić information content (AvgIpc) is 2.35. The van der Waals surface area contributed by atoms with Crippen molar-refractivity contribution in [2.45, 2.75) is 12.3 Å². The van der Waals surface area contributed by atoms with Crippen molar-refractivity contribution >= 4 is 0 Å². The minimum atomic E-state index is -4.40. The summed E-state index contributed by atoms with van der Waals surface area (Å²) in [4.78, 5) is 3.59. The van der Waals surface area contributed by atoms with Gasteiger partial charge in [0.15, 0.2) is 6.10 Å². The molecule has 0 aliphatic heterocycles. The van der Waals surface area contributed by atoms with E-state index < -0.39 is 12.3 Å². The van der Waals surface area contributed by atoms with E-state index in [1.807, 2.05) is 0 Å². The maximum absolute atomic E-state index is 12.3. The molecule has 13 heavy (non-hydrogen) atoms. The second kappa shape index (κ2) is 3.37. The van der Waals surface area contributed by atoms with E-state index in [1.54, 1.807) is 0 Å². The molecule has 1 rings (SSSR count). The molecule has 0 amide bonds. The Morgan fingerprint density at radius 1 is 1.54 bits per heavy atom. The Labute approximate surface area is 73.1 Å². The van der Waals surface area contributed by atoms with E-state index in [4.69, 9.17) is 0 Å². The molecule has 74 valence electrons. The van der Waals surface area contributed by atoms with E-state index in [9.17, 15) is 13.2 Å².